The molecule has 0 saturated carbocycles. The van der Waals surface area contributed by atoms with Gasteiger partial charge in [-0.25, -0.2) is 0 Å². The highest BCUT2D eigenvalue weighted by molar-refractivity contribution is 5.69. The molecule has 0 fully saturated rings. The molecule has 0 aromatic rings. The van der Waals surface area contributed by atoms with Crippen molar-refractivity contribution >= 4 is 11.9 Å². The van der Waals surface area contributed by atoms with Crippen LogP contribution in [-0.2, 0) is 14.3 Å². The van der Waals surface area contributed by atoms with Gasteiger partial charge in [0.1, 0.15) is 6.10 Å². The van der Waals surface area contributed by atoms with Crippen molar-refractivity contribution in [2.24, 2.45) is 0 Å². The highest BCUT2D eigenvalue weighted by atomic mass is 16.5. The zero-order valence-electron chi connectivity index (χ0n) is 21.7. The lowest BCUT2D eigenvalue weighted by molar-refractivity contribution is -0.150. The van der Waals surface area contributed by atoms with Crippen LogP contribution in [0, 0.1) is 0 Å². The summed E-state index contributed by atoms with van der Waals surface area (Å²) in [6.45, 7) is 4.39. The van der Waals surface area contributed by atoms with Gasteiger partial charge in [-0.1, -0.05) is 89.5 Å². The third-order valence-corrected chi connectivity index (χ3v) is 5.93. The summed E-state index contributed by atoms with van der Waals surface area (Å²) in [7, 11) is 0. The van der Waals surface area contributed by atoms with E-state index in [1.54, 1.807) is 0 Å². The summed E-state index contributed by atoms with van der Waals surface area (Å²) in [6.07, 6.45) is 29.3. The van der Waals surface area contributed by atoms with Gasteiger partial charge in [0.15, 0.2) is 0 Å². The summed E-state index contributed by atoms with van der Waals surface area (Å²) in [4.78, 5) is 22.8. The number of carbonyl (C=O) groups is 2. The molecule has 1 N–H and O–H groups in total. The summed E-state index contributed by atoms with van der Waals surface area (Å²) in [5, 5.41) is 8.71. The van der Waals surface area contributed by atoms with Crippen LogP contribution in [0.15, 0.2) is 24.3 Å². The van der Waals surface area contributed by atoms with Crippen LogP contribution < -0.4 is 0 Å². The lowest BCUT2D eigenvalue weighted by Crippen LogP contribution is -2.18. The zero-order chi connectivity index (χ0) is 24.4. The minimum absolute atomic E-state index is 0.000232. The van der Waals surface area contributed by atoms with Crippen LogP contribution in [0.25, 0.3) is 0 Å². The van der Waals surface area contributed by atoms with E-state index in [0.717, 1.165) is 64.2 Å². The molecule has 0 aliphatic rings. The molecule has 4 nitrogen and oxygen atoms in total. The fourth-order valence-corrected chi connectivity index (χ4v) is 3.84. The second-order valence-corrected chi connectivity index (χ2v) is 9.23. The van der Waals surface area contributed by atoms with E-state index in [1.165, 1.54) is 44.9 Å². The fourth-order valence-electron chi connectivity index (χ4n) is 3.84. The topological polar surface area (TPSA) is 63.6 Å². The van der Waals surface area contributed by atoms with Gasteiger partial charge in [-0.2, -0.15) is 0 Å². The molecule has 1 unspecified atom stereocenters. The van der Waals surface area contributed by atoms with Gasteiger partial charge < -0.3 is 9.84 Å². The van der Waals surface area contributed by atoms with Crippen LogP contribution in [0.4, 0.5) is 0 Å². The number of carboxylic acids is 1. The third-order valence-electron chi connectivity index (χ3n) is 5.93. The minimum atomic E-state index is -0.735. The maximum atomic E-state index is 12.2. The van der Waals surface area contributed by atoms with Crippen LogP contribution in [-0.4, -0.2) is 23.1 Å². The van der Waals surface area contributed by atoms with Crippen molar-refractivity contribution in [1.29, 1.82) is 0 Å². The summed E-state index contributed by atoms with van der Waals surface area (Å²) in [6, 6.07) is 0. The second kappa shape index (κ2) is 25.1. The van der Waals surface area contributed by atoms with E-state index >= 15 is 0 Å². The molecule has 33 heavy (non-hydrogen) atoms. The number of hydrogen-bond donors (Lipinski definition) is 1. The van der Waals surface area contributed by atoms with Crippen molar-refractivity contribution < 1.29 is 19.4 Å². The maximum Gasteiger partial charge on any atom is 0.306 e. The van der Waals surface area contributed by atoms with Gasteiger partial charge in [-0.05, 0) is 64.2 Å². The van der Waals surface area contributed by atoms with E-state index in [-0.39, 0.29) is 18.5 Å². The number of carboxylic acid groups (broad SMARTS) is 1. The average Bonchev–Trinajstić information content (AvgIpc) is 2.79. The van der Waals surface area contributed by atoms with E-state index in [9.17, 15) is 9.59 Å². The molecule has 192 valence electrons. The first-order valence-electron chi connectivity index (χ1n) is 13.8. The van der Waals surface area contributed by atoms with Gasteiger partial charge in [0.2, 0.25) is 0 Å². The molecule has 0 amide bonds. The Morgan fingerprint density at radius 1 is 0.667 bits per heavy atom. The van der Waals surface area contributed by atoms with E-state index in [0.29, 0.717) is 12.8 Å². The highest BCUT2D eigenvalue weighted by Crippen LogP contribution is 2.16. The van der Waals surface area contributed by atoms with Crippen molar-refractivity contribution in [3.05, 3.63) is 24.3 Å². The van der Waals surface area contributed by atoms with Crippen molar-refractivity contribution in [3.8, 4) is 0 Å². The smallest absolute Gasteiger partial charge is 0.306 e. The standard InChI is InChI=1S/C29H52O4/c1-3-5-7-8-9-10-11-12-13-14-15-16-17-18-22-26-29(32)33-27(23-6-4-2)24-20-19-21-25-28(30)31/h9-10,12-13,27H,3-8,11,14-26H2,1-2H3,(H,30,31)/b10-9-,13-12-. The van der Waals surface area contributed by atoms with Crippen LogP contribution in [0.2, 0.25) is 0 Å². The summed E-state index contributed by atoms with van der Waals surface area (Å²) in [5.74, 6) is -0.798. The van der Waals surface area contributed by atoms with Crippen molar-refractivity contribution in [1.82, 2.24) is 0 Å². The number of ether oxygens (including phenoxy) is 1. The molecule has 0 aromatic heterocycles. The van der Waals surface area contributed by atoms with Crippen LogP contribution in [0.1, 0.15) is 142 Å². The summed E-state index contributed by atoms with van der Waals surface area (Å²) in [5.41, 5.74) is 0. The first-order chi connectivity index (χ1) is 16.1. The molecule has 0 aliphatic carbocycles. The molecule has 0 heterocycles. The molecule has 0 rings (SSSR count). The number of esters is 1. The first-order valence-corrected chi connectivity index (χ1v) is 13.8. The van der Waals surface area contributed by atoms with Crippen molar-refractivity contribution in [2.45, 2.75) is 148 Å². The number of unbranched alkanes of at least 4 members (excludes halogenated alkanes) is 11. The predicted octanol–water partition coefficient (Wildman–Crippen LogP) is 8.94. The molecule has 0 aliphatic heterocycles. The number of allylic oxidation sites excluding steroid dienone is 4. The Hall–Kier alpha value is -1.58. The Bertz CT molecular complexity index is 510. The van der Waals surface area contributed by atoms with Gasteiger partial charge >= 0.3 is 11.9 Å². The Morgan fingerprint density at radius 2 is 1.21 bits per heavy atom. The number of aliphatic carboxylic acids is 1. The van der Waals surface area contributed by atoms with Gasteiger partial charge in [-0.15, -0.1) is 0 Å². The minimum Gasteiger partial charge on any atom is -0.481 e. The Balaban J connectivity index is 3.71. The second-order valence-electron chi connectivity index (χ2n) is 9.23. The Labute approximate surface area is 204 Å². The highest BCUT2D eigenvalue weighted by Gasteiger charge is 2.14. The number of carbonyl (C=O) groups excluding carboxylic acids is 1. The molecule has 0 spiro atoms. The molecular formula is C29H52O4. The summed E-state index contributed by atoms with van der Waals surface area (Å²) < 4.78 is 5.73. The molecular weight excluding hydrogens is 412 g/mol. The molecule has 0 aromatic carbocycles. The van der Waals surface area contributed by atoms with Crippen LogP contribution in [0.3, 0.4) is 0 Å². The van der Waals surface area contributed by atoms with Crippen LogP contribution >= 0.6 is 0 Å². The fraction of sp³-hybridized carbons (Fsp3) is 0.793. The molecule has 1 atom stereocenters. The lowest BCUT2D eigenvalue weighted by atomic mass is 10.0. The first kappa shape index (κ1) is 31.4. The molecule has 0 radical (unpaired) electrons. The van der Waals surface area contributed by atoms with Crippen molar-refractivity contribution in [3.63, 3.8) is 0 Å². The third kappa shape index (κ3) is 24.9. The predicted molar refractivity (Wildman–Crippen MR) is 139 cm³/mol. The van der Waals surface area contributed by atoms with E-state index in [2.05, 4.69) is 38.2 Å². The zero-order valence-corrected chi connectivity index (χ0v) is 21.7. The van der Waals surface area contributed by atoms with Gasteiger partial charge in [0, 0.05) is 12.8 Å². The van der Waals surface area contributed by atoms with Crippen molar-refractivity contribution in [2.75, 3.05) is 0 Å². The maximum absolute atomic E-state index is 12.2. The Morgan fingerprint density at radius 3 is 1.88 bits per heavy atom. The quantitative estimate of drug-likeness (QED) is 0.0879. The van der Waals surface area contributed by atoms with E-state index in [1.807, 2.05) is 0 Å². The largest absolute Gasteiger partial charge is 0.481 e. The molecule has 4 heteroatoms. The number of hydrogen-bond acceptors (Lipinski definition) is 3. The summed E-state index contributed by atoms with van der Waals surface area (Å²) >= 11 is 0. The molecule has 0 bridgehead atoms. The van der Waals surface area contributed by atoms with Gasteiger partial charge in [-0.3, -0.25) is 9.59 Å². The van der Waals surface area contributed by atoms with E-state index < -0.39 is 5.97 Å². The number of rotatable bonds is 24. The Kier molecular flexibility index (Phi) is 23.9. The normalized spacial score (nSPS) is 12.5. The monoisotopic (exact) mass is 464 g/mol. The van der Waals surface area contributed by atoms with Gasteiger partial charge in [0.25, 0.3) is 0 Å². The average molecular weight is 465 g/mol. The lowest BCUT2D eigenvalue weighted by Gasteiger charge is -2.17. The molecule has 0 saturated heterocycles. The van der Waals surface area contributed by atoms with Gasteiger partial charge in [0.05, 0.1) is 0 Å². The SMILES string of the molecule is CCCCC/C=C\C/C=C\CCCCCCCC(=O)OC(CCCC)CCCCCC(=O)O. The van der Waals surface area contributed by atoms with Crippen LogP contribution in [0.5, 0.6) is 0 Å². The van der Waals surface area contributed by atoms with E-state index in [4.69, 9.17) is 9.84 Å².